The van der Waals surface area contributed by atoms with Gasteiger partial charge in [-0.25, -0.2) is 0 Å². The second-order valence-electron chi connectivity index (χ2n) is 4.96. The summed E-state index contributed by atoms with van der Waals surface area (Å²) >= 11 is 2.95. The maximum absolute atomic E-state index is 11.9. The molecular formula is C18H19NO3S2. The number of para-hydroxylation sites is 1. The number of carbonyl (C=O) groups is 2. The summed E-state index contributed by atoms with van der Waals surface area (Å²) in [6, 6.07) is 15.3. The molecule has 24 heavy (non-hydrogen) atoms. The van der Waals surface area contributed by atoms with Crippen LogP contribution >= 0.6 is 23.5 Å². The molecule has 0 aliphatic carbocycles. The molecule has 0 heterocycles. The van der Waals surface area contributed by atoms with Crippen molar-refractivity contribution in [2.24, 2.45) is 0 Å². The van der Waals surface area contributed by atoms with Crippen LogP contribution in [0.25, 0.3) is 0 Å². The Hall–Kier alpha value is -1.92. The molecule has 6 heteroatoms. The lowest BCUT2D eigenvalue weighted by molar-refractivity contribution is -0.144. The lowest BCUT2D eigenvalue weighted by Gasteiger charge is -2.10. The molecule has 0 aromatic heterocycles. The van der Waals surface area contributed by atoms with Crippen LogP contribution < -0.4 is 5.32 Å². The first kappa shape index (κ1) is 18.4. The molecule has 2 rings (SSSR count). The van der Waals surface area contributed by atoms with Crippen molar-refractivity contribution >= 4 is 41.1 Å². The summed E-state index contributed by atoms with van der Waals surface area (Å²) in [6.07, 6.45) is 1.94. The molecule has 0 fully saturated rings. The van der Waals surface area contributed by atoms with Crippen LogP contribution in [0, 0.1) is 6.92 Å². The predicted octanol–water partition coefficient (Wildman–Crippen LogP) is 3.99. The zero-order valence-corrected chi connectivity index (χ0v) is 15.2. The first-order valence-corrected chi connectivity index (χ1v) is 9.58. The molecule has 1 amide bonds. The molecule has 4 nitrogen and oxygen atoms in total. The number of aryl methyl sites for hydroxylation is 1. The number of rotatable bonds is 7. The quantitative estimate of drug-likeness (QED) is 0.597. The summed E-state index contributed by atoms with van der Waals surface area (Å²) in [5, 5.41) is 2.76. The van der Waals surface area contributed by atoms with E-state index in [1.165, 1.54) is 11.8 Å². The van der Waals surface area contributed by atoms with Crippen molar-refractivity contribution in [3.8, 4) is 0 Å². The Balaban J connectivity index is 1.77. The highest BCUT2D eigenvalue weighted by Gasteiger charge is 2.10. The third-order valence-electron chi connectivity index (χ3n) is 3.18. The number of nitrogens with one attached hydrogen (secondary N) is 1. The van der Waals surface area contributed by atoms with E-state index < -0.39 is 5.97 Å². The second kappa shape index (κ2) is 9.39. The topological polar surface area (TPSA) is 55.4 Å². The van der Waals surface area contributed by atoms with Crippen LogP contribution in [0.15, 0.2) is 58.3 Å². The maximum Gasteiger partial charge on any atom is 0.316 e. The van der Waals surface area contributed by atoms with Crippen LogP contribution in [0.2, 0.25) is 0 Å². The Morgan fingerprint density at radius 3 is 2.42 bits per heavy atom. The van der Waals surface area contributed by atoms with Crippen molar-refractivity contribution in [2.45, 2.75) is 16.7 Å². The average molecular weight is 361 g/mol. The number of ether oxygens (including phenoxy) is 1. The molecule has 0 saturated heterocycles. The first-order valence-electron chi connectivity index (χ1n) is 7.37. The van der Waals surface area contributed by atoms with E-state index in [9.17, 15) is 9.59 Å². The van der Waals surface area contributed by atoms with Gasteiger partial charge in [0.2, 0.25) is 0 Å². The number of thioether (sulfide) groups is 2. The minimum Gasteiger partial charge on any atom is -0.455 e. The molecule has 2 aromatic carbocycles. The predicted molar refractivity (Wildman–Crippen MR) is 99.7 cm³/mol. The Morgan fingerprint density at radius 1 is 1.04 bits per heavy atom. The van der Waals surface area contributed by atoms with E-state index in [4.69, 9.17) is 4.74 Å². The number of benzene rings is 2. The highest BCUT2D eigenvalue weighted by atomic mass is 32.2. The minimum atomic E-state index is -0.406. The van der Waals surface area contributed by atoms with E-state index in [1.807, 2.05) is 61.7 Å². The van der Waals surface area contributed by atoms with E-state index in [0.29, 0.717) is 0 Å². The molecule has 2 aromatic rings. The maximum atomic E-state index is 11.9. The Morgan fingerprint density at radius 2 is 1.71 bits per heavy atom. The average Bonchev–Trinajstić information content (AvgIpc) is 2.59. The van der Waals surface area contributed by atoms with Gasteiger partial charge in [-0.05, 0) is 36.9 Å². The fourth-order valence-electron chi connectivity index (χ4n) is 1.98. The number of amides is 1. The number of anilines is 1. The van der Waals surface area contributed by atoms with Crippen molar-refractivity contribution in [1.82, 2.24) is 0 Å². The monoisotopic (exact) mass is 361 g/mol. The van der Waals surface area contributed by atoms with Crippen molar-refractivity contribution in [2.75, 3.05) is 23.9 Å². The molecule has 0 aliphatic heterocycles. The largest absolute Gasteiger partial charge is 0.455 e. The van der Waals surface area contributed by atoms with Gasteiger partial charge >= 0.3 is 5.97 Å². The van der Waals surface area contributed by atoms with Crippen LogP contribution in [-0.2, 0) is 14.3 Å². The molecule has 0 unspecified atom stereocenters. The highest BCUT2D eigenvalue weighted by Crippen LogP contribution is 2.24. The van der Waals surface area contributed by atoms with Gasteiger partial charge in [-0.2, -0.15) is 0 Å². The van der Waals surface area contributed by atoms with E-state index in [0.717, 1.165) is 21.0 Å². The minimum absolute atomic E-state index is 0.180. The van der Waals surface area contributed by atoms with Gasteiger partial charge in [0.05, 0.1) is 11.4 Å². The van der Waals surface area contributed by atoms with Crippen molar-refractivity contribution in [3.05, 3.63) is 54.1 Å². The van der Waals surface area contributed by atoms with Gasteiger partial charge < -0.3 is 10.1 Å². The Kier molecular flexibility index (Phi) is 7.21. The summed E-state index contributed by atoms with van der Waals surface area (Å²) in [4.78, 5) is 25.7. The van der Waals surface area contributed by atoms with Crippen molar-refractivity contribution in [1.29, 1.82) is 0 Å². The van der Waals surface area contributed by atoms with E-state index >= 15 is 0 Å². The number of carbonyl (C=O) groups excluding carboxylic acids is 2. The molecule has 0 aliphatic rings. The molecule has 1 N–H and O–H groups in total. The molecule has 0 radical (unpaired) electrons. The van der Waals surface area contributed by atoms with Crippen LogP contribution in [0.4, 0.5) is 5.69 Å². The normalized spacial score (nSPS) is 10.2. The van der Waals surface area contributed by atoms with Gasteiger partial charge in [-0.15, -0.1) is 23.5 Å². The standard InChI is InChI=1S/C18H19NO3S2/c1-13-7-3-5-9-15(13)24-12-18(21)22-11-17(20)19-14-8-4-6-10-16(14)23-2/h3-10H,11-12H2,1-2H3,(H,19,20). The van der Waals surface area contributed by atoms with Gasteiger partial charge in [0.1, 0.15) is 0 Å². The van der Waals surface area contributed by atoms with Crippen LogP contribution in [0.3, 0.4) is 0 Å². The molecule has 0 atom stereocenters. The zero-order chi connectivity index (χ0) is 17.4. The molecular weight excluding hydrogens is 342 g/mol. The number of hydrogen-bond donors (Lipinski definition) is 1. The van der Waals surface area contributed by atoms with Gasteiger partial charge in [0.25, 0.3) is 5.91 Å². The number of esters is 1. The molecule has 126 valence electrons. The van der Waals surface area contributed by atoms with Crippen LogP contribution in [0.1, 0.15) is 5.56 Å². The number of hydrogen-bond acceptors (Lipinski definition) is 5. The van der Waals surface area contributed by atoms with Gasteiger partial charge in [0, 0.05) is 9.79 Å². The third kappa shape index (κ3) is 5.62. The summed E-state index contributed by atoms with van der Waals surface area (Å²) in [7, 11) is 0. The van der Waals surface area contributed by atoms with Crippen molar-refractivity contribution < 1.29 is 14.3 Å². The van der Waals surface area contributed by atoms with Gasteiger partial charge in [0.15, 0.2) is 6.61 Å². The fourth-order valence-corrected chi connectivity index (χ4v) is 3.36. The zero-order valence-electron chi connectivity index (χ0n) is 13.6. The third-order valence-corrected chi connectivity index (χ3v) is 5.13. The van der Waals surface area contributed by atoms with E-state index in [-0.39, 0.29) is 18.3 Å². The fraction of sp³-hybridized carbons (Fsp3) is 0.222. The Bertz CT molecular complexity index is 719. The smallest absolute Gasteiger partial charge is 0.316 e. The highest BCUT2D eigenvalue weighted by molar-refractivity contribution is 8.00. The summed E-state index contributed by atoms with van der Waals surface area (Å²) in [5.74, 6) is -0.568. The first-order chi connectivity index (χ1) is 11.6. The van der Waals surface area contributed by atoms with Gasteiger partial charge in [-0.1, -0.05) is 30.3 Å². The van der Waals surface area contributed by atoms with Crippen molar-refractivity contribution in [3.63, 3.8) is 0 Å². The molecule has 0 spiro atoms. The summed E-state index contributed by atoms with van der Waals surface area (Å²) < 4.78 is 5.03. The van der Waals surface area contributed by atoms with E-state index in [2.05, 4.69) is 5.32 Å². The summed E-state index contributed by atoms with van der Waals surface area (Å²) in [6.45, 7) is 1.71. The van der Waals surface area contributed by atoms with Gasteiger partial charge in [-0.3, -0.25) is 9.59 Å². The lowest BCUT2D eigenvalue weighted by atomic mass is 10.2. The summed E-state index contributed by atoms with van der Waals surface area (Å²) in [5.41, 5.74) is 1.84. The Labute approximate surface area is 150 Å². The van der Waals surface area contributed by atoms with Crippen LogP contribution in [-0.4, -0.2) is 30.5 Å². The van der Waals surface area contributed by atoms with Crippen LogP contribution in [0.5, 0.6) is 0 Å². The molecule has 0 saturated carbocycles. The molecule has 0 bridgehead atoms. The second-order valence-corrected chi connectivity index (χ2v) is 6.83. The lowest BCUT2D eigenvalue weighted by Crippen LogP contribution is -2.21. The van der Waals surface area contributed by atoms with E-state index in [1.54, 1.807) is 11.8 Å². The SMILES string of the molecule is CSc1ccccc1NC(=O)COC(=O)CSc1ccccc1C.